The largest absolute Gasteiger partial charge is 0.497 e. The molecule has 1 saturated heterocycles. The Bertz CT molecular complexity index is 886. The van der Waals surface area contributed by atoms with Crippen LogP contribution >= 0.6 is 0 Å². The Morgan fingerprint density at radius 3 is 2.23 bits per heavy atom. The highest BCUT2D eigenvalue weighted by atomic mass is 19.1. The number of hydrogen-bond acceptors (Lipinski definition) is 5. The Morgan fingerprint density at radius 1 is 0.967 bits per heavy atom. The lowest BCUT2D eigenvalue weighted by molar-refractivity contribution is -0.127. The topological polar surface area (TPSA) is 51.2 Å². The minimum absolute atomic E-state index is 0.0419. The van der Waals surface area contributed by atoms with Crippen molar-refractivity contribution in [2.24, 2.45) is 0 Å². The molecule has 0 saturated carbocycles. The van der Waals surface area contributed by atoms with E-state index in [4.69, 9.17) is 14.2 Å². The van der Waals surface area contributed by atoms with E-state index in [1.807, 2.05) is 17.0 Å². The molecule has 1 aliphatic rings. The van der Waals surface area contributed by atoms with Gasteiger partial charge in [0.15, 0.2) is 0 Å². The second kappa shape index (κ2) is 10.1. The summed E-state index contributed by atoms with van der Waals surface area (Å²) in [6.07, 6.45) is 3.33. The van der Waals surface area contributed by atoms with E-state index >= 15 is 0 Å². The maximum atomic E-state index is 13.6. The van der Waals surface area contributed by atoms with Crippen LogP contribution in [0.1, 0.15) is 11.1 Å². The monoisotopic (exact) mass is 414 g/mol. The summed E-state index contributed by atoms with van der Waals surface area (Å²) in [6.45, 7) is 3.24. The van der Waals surface area contributed by atoms with Gasteiger partial charge in [-0.25, -0.2) is 4.39 Å². The van der Waals surface area contributed by atoms with Crippen molar-refractivity contribution in [1.29, 1.82) is 0 Å². The zero-order valence-electron chi connectivity index (χ0n) is 17.6. The first-order valence-electron chi connectivity index (χ1n) is 9.77. The highest BCUT2D eigenvalue weighted by Gasteiger charge is 2.20. The summed E-state index contributed by atoms with van der Waals surface area (Å²) in [4.78, 5) is 16.6. The molecular formula is C23H27FN2O4. The Kier molecular flexibility index (Phi) is 7.30. The molecule has 0 N–H and O–H groups in total. The average molecular weight is 414 g/mol. The van der Waals surface area contributed by atoms with Crippen molar-refractivity contribution in [2.45, 2.75) is 6.54 Å². The molecule has 160 valence electrons. The lowest BCUT2D eigenvalue weighted by Crippen LogP contribution is -2.47. The van der Waals surface area contributed by atoms with Gasteiger partial charge in [-0.05, 0) is 42.0 Å². The smallest absolute Gasteiger partial charge is 0.246 e. The van der Waals surface area contributed by atoms with Crippen molar-refractivity contribution in [2.75, 3.05) is 47.5 Å². The minimum atomic E-state index is -0.279. The fraction of sp³-hybridized carbons (Fsp3) is 0.348. The van der Waals surface area contributed by atoms with Crippen molar-refractivity contribution in [3.05, 3.63) is 59.4 Å². The summed E-state index contributed by atoms with van der Waals surface area (Å²) >= 11 is 0. The summed E-state index contributed by atoms with van der Waals surface area (Å²) < 4.78 is 29.4. The molecule has 0 spiro atoms. The number of halogens is 1. The van der Waals surface area contributed by atoms with Crippen LogP contribution in [-0.4, -0.2) is 63.2 Å². The maximum Gasteiger partial charge on any atom is 0.246 e. The number of ether oxygens (including phenoxy) is 3. The minimum Gasteiger partial charge on any atom is -0.497 e. The standard InChI is InChI=1S/C23H27FN2O4/c1-28-20-12-17(13-21(15-20)29-2)4-7-23(27)26-10-8-25(9-11-26)16-18-14-19(24)5-6-22(18)30-3/h4-7,12-15H,8-11,16H2,1-3H3. The van der Waals surface area contributed by atoms with E-state index in [1.165, 1.54) is 12.1 Å². The predicted octanol–water partition coefficient (Wildman–Crippen LogP) is 3.21. The number of amides is 1. The van der Waals surface area contributed by atoms with Crippen LogP contribution in [0.3, 0.4) is 0 Å². The van der Waals surface area contributed by atoms with Crippen LogP contribution in [-0.2, 0) is 11.3 Å². The van der Waals surface area contributed by atoms with Crippen molar-refractivity contribution >= 4 is 12.0 Å². The van der Waals surface area contributed by atoms with Gasteiger partial charge in [-0.2, -0.15) is 0 Å². The maximum absolute atomic E-state index is 13.6. The van der Waals surface area contributed by atoms with E-state index in [2.05, 4.69) is 4.90 Å². The molecule has 1 amide bonds. The molecule has 1 heterocycles. The Hall–Kier alpha value is -3.06. The number of carbonyl (C=O) groups excluding carboxylic acids is 1. The van der Waals surface area contributed by atoms with Gasteiger partial charge in [0.25, 0.3) is 0 Å². The molecule has 0 unspecified atom stereocenters. The molecule has 2 aromatic rings. The number of methoxy groups -OCH3 is 3. The molecule has 2 aromatic carbocycles. The summed E-state index contributed by atoms with van der Waals surface area (Å²) in [5, 5.41) is 0. The van der Waals surface area contributed by atoms with Gasteiger partial charge in [-0.1, -0.05) is 0 Å². The Labute approximate surface area is 176 Å². The van der Waals surface area contributed by atoms with E-state index in [0.717, 1.165) is 11.1 Å². The molecule has 0 aliphatic carbocycles. The lowest BCUT2D eigenvalue weighted by atomic mass is 10.1. The molecule has 0 bridgehead atoms. The van der Waals surface area contributed by atoms with Gasteiger partial charge in [0.2, 0.25) is 5.91 Å². The summed E-state index contributed by atoms with van der Waals surface area (Å²) in [5.41, 5.74) is 1.64. The lowest BCUT2D eigenvalue weighted by Gasteiger charge is -2.34. The van der Waals surface area contributed by atoms with Gasteiger partial charge in [-0.15, -0.1) is 0 Å². The van der Waals surface area contributed by atoms with E-state index in [9.17, 15) is 9.18 Å². The number of rotatable bonds is 7. The van der Waals surface area contributed by atoms with Gasteiger partial charge in [0.05, 0.1) is 21.3 Å². The molecule has 7 heteroatoms. The van der Waals surface area contributed by atoms with Gasteiger partial charge < -0.3 is 19.1 Å². The van der Waals surface area contributed by atoms with Crippen LogP contribution in [0.25, 0.3) is 6.08 Å². The summed E-state index contributed by atoms with van der Waals surface area (Å²) in [5.74, 6) is 1.69. The molecule has 0 radical (unpaired) electrons. The third kappa shape index (κ3) is 5.51. The first kappa shape index (κ1) is 21.6. The number of benzene rings is 2. The quantitative estimate of drug-likeness (QED) is 0.652. The van der Waals surface area contributed by atoms with E-state index in [0.29, 0.717) is 50.0 Å². The highest BCUT2D eigenvalue weighted by molar-refractivity contribution is 5.92. The van der Waals surface area contributed by atoms with Gasteiger partial charge in [-0.3, -0.25) is 9.69 Å². The van der Waals surface area contributed by atoms with Crippen molar-refractivity contribution in [3.63, 3.8) is 0 Å². The number of carbonyl (C=O) groups is 1. The van der Waals surface area contributed by atoms with E-state index in [-0.39, 0.29) is 11.7 Å². The molecule has 1 aliphatic heterocycles. The summed E-state index contributed by atoms with van der Waals surface area (Å²) in [7, 11) is 4.76. The fourth-order valence-electron chi connectivity index (χ4n) is 3.44. The number of nitrogens with zero attached hydrogens (tertiary/aromatic N) is 2. The zero-order chi connectivity index (χ0) is 21.5. The molecular weight excluding hydrogens is 387 g/mol. The molecule has 3 rings (SSSR count). The average Bonchev–Trinajstić information content (AvgIpc) is 2.77. The van der Waals surface area contributed by atoms with Crippen molar-refractivity contribution in [3.8, 4) is 17.2 Å². The zero-order valence-corrected chi connectivity index (χ0v) is 17.6. The van der Waals surface area contributed by atoms with Crippen molar-refractivity contribution < 1.29 is 23.4 Å². The SMILES string of the molecule is COc1cc(C=CC(=O)N2CCN(Cc3cc(F)ccc3OC)CC2)cc(OC)c1. The van der Waals surface area contributed by atoms with Crippen LogP contribution in [0.2, 0.25) is 0 Å². The van der Waals surface area contributed by atoms with Crippen molar-refractivity contribution in [1.82, 2.24) is 9.80 Å². The predicted molar refractivity (Wildman–Crippen MR) is 113 cm³/mol. The van der Waals surface area contributed by atoms with Crippen LogP contribution in [0.15, 0.2) is 42.5 Å². The molecule has 30 heavy (non-hydrogen) atoms. The molecule has 1 fully saturated rings. The first-order chi connectivity index (χ1) is 14.5. The van der Waals surface area contributed by atoms with Crippen LogP contribution in [0.5, 0.6) is 17.2 Å². The number of hydrogen-bond donors (Lipinski definition) is 0. The first-order valence-corrected chi connectivity index (χ1v) is 9.77. The van der Waals surface area contributed by atoms with Crippen LogP contribution in [0, 0.1) is 5.82 Å². The van der Waals surface area contributed by atoms with E-state index < -0.39 is 0 Å². The number of piperazine rings is 1. The fourth-order valence-corrected chi connectivity index (χ4v) is 3.44. The second-order valence-electron chi connectivity index (χ2n) is 7.04. The Balaban J connectivity index is 1.57. The third-order valence-corrected chi connectivity index (χ3v) is 5.11. The van der Waals surface area contributed by atoms with E-state index in [1.54, 1.807) is 45.6 Å². The second-order valence-corrected chi connectivity index (χ2v) is 7.04. The van der Waals surface area contributed by atoms with Crippen LogP contribution < -0.4 is 14.2 Å². The van der Waals surface area contributed by atoms with Gasteiger partial charge in [0.1, 0.15) is 23.1 Å². The van der Waals surface area contributed by atoms with Gasteiger partial charge >= 0.3 is 0 Å². The third-order valence-electron chi connectivity index (χ3n) is 5.11. The molecule has 0 atom stereocenters. The van der Waals surface area contributed by atoms with Gasteiger partial charge in [0, 0.05) is 50.4 Å². The highest BCUT2D eigenvalue weighted by Crippen LogP contribution is 2.24. The molecule has 0 aromatic heterocycles. The normalized spacial score (nSPS) is 14.7. The summed E-state index contributed by atoms with van der Waals surface area (Å²) in [6, 6.07) is 10.0. The molecule has 6 nitrogen and oxygen atoms in total. The van der Waals surface area contributed by atoms with Crippen LogP contribution in [0.4, 0.5) is 4.39 Å². The Morgan fingerprint density at radius 2 is 1.63 bits per heavy atom.